The Bertz CT molecular complexity index is 609. The van der Waals surface area contributed by atoms with E-state index in [2.05, 4.69) is 4.72 Å². The zero-order chi connectivity index (χ0) is 14.8. The van der Waals surface area contributed by atoms with Gasteiger partial charge in [-0.3, -0.25) is 10.1 Å². The van der Waals surface area contributed by atoms with Gasteiger partial charge in [0.25, 0.3) is 0 Å². The number of benzene rings is 1. The molecule has 0 spiro atoms. The van der Waals surface area contributed by atoms with Gasteiger partial charge in [0.1, 0.15) is 0 Å². The first-order valence-electron chi connectivity index (χ1n) is 5.95. The predicted octanol–water partition coefficient (Wildman–Crippen LogP) is 0.615. The molecule has 9 heteroatoms. The zero-order valence-electron chi connectivity index (χ0n) is 10.5. The quantitative estimate of drug-likeness (QED) is 0.607. The maximum absolute atomic E-state index is 12.0. The number of ether oxygens (including phenoxy) is 1. The fourth-order valence-electron chi connectivity index (χ4n) is 1.87. The molecule has 0 aromatic heterocycles. The lowest BCUT2D eigenvalue weighted by atomic mass is 10.1. The van der Waals surface area contributed by atoms with Crippen molar-refractivity contribution in [2.75, 3.05) is 19.8 Å². The summed E-state index contributed by atoms with van der Waals surface area (Å²) in [6, 6.07) is 2.95. The fourth-order valence-corrected chi connectivity index (χ4v) is 3.01. The van der Waals surface area contributed by atoms with Gasteiger partial charge in [-0.2, -0.15) is 0 Å². The molecular formula is C11H14N2O6S. The molecule has 1 aromatic rings. The molecule has 2 rings (SSSR count). The molecule has 0 aliphatic carbocycles. The Morgan fingerprint density at radius 3 is 2.85 bits per heavy atom. The number of nitro benzene ring substituents is 1. The van der Waals surface area contributed by atoms with Crippen molar-refractivity contribution in [2.45, 2.75) is 11.3 Å². The molecule has 1 aliphatic heterocycles. The van der Waals surface area contributed by atoms with Gasteiger partial charge in [0.05, 0.1) is 16.4 Å². The molecule has 1 unspecified atom stereocenters. The second-order valence-electron chi connectivity index (χ2n) is 4.49. The average molecular weight is 302 g/mol. The summed E-state index contributed by atoms with van der Waals surface area (Å²) in [4.78, 5) is 9.60. The van der Waals surface area contributed by atoms with Crippen LogP contribution in [0.4, 0.5) is 5.69 Å². The van der Waals surface area contributed by atoms with Crippen LogP contribution >= 0.6 is 0 Å². The molecule has 20 heavy (non-hydrogen) atoms. The van der Waals surface area contributed by atoms with Gasteiger partial charge < -0.3 is 9.84 Å². The molecule has 1 aromatic carbocycles. The van der Waals surface area contributed by atoms with E-state index in [-0.39, 0.29) is 17.4 Å². The van der Waals surface area contributed by atoms with Crippen LogP contribution in [0.3, 0.4) is 0 Å². The number of nitro groups is 1. The van der Waals surface area contributed by atoms with E-state index < -0.39 is 26.4 Å². The highest BCUT2D eigenvalue weighted by Gasteiger charge is 2.23. The normalized spacial score (nSPS) is 19.1. The smallest absolute Gasteiger partial charge is 0.312 e. The molecule has 110 valence electrons. The molecule has 1 fully saturated rings. The van der Waals surface area contributed by atoms with Crippen molar-refractivity contribution in [2.24, 2.45) is 5.92 Å². The SMILES string of the molecule is O=[N+]([O-])c1cc(S(=O)(=O)NCC2CCOC2)ccc1O. The Kier molecular flexibility index (Phi) is 4.21. The van der Waals surface area contributed by atoms with Gasteiger partial charge in [-0.1, -0.05) is 0 Å². The van der Waals surface area contributed by atoms with Gasteiger partial charge >= 0.3 is 5.69 Å². The number of hydrogen-bond donors (Lipinski definition) is 2. The van der Waals surface area contributed by atoms with E-state index >= 15 is 0 Å². The first-order chi connectivity index (χ1) is 9.40. The van der Waals surface area contributed by atoms with Crippen molar-refractivity contribution in [3.05, 3.63) is 28.3 Å². The van der Waals surface area contributed by atoms with Gasteiger partial charge in [-0.25, -0.2) is 13.1 Å². The van der Waals surface area contributed by atoms with Crippen molar-refractivity contribution in [3.8, 4) is 5.75 Å². The summed E-state index contributed by atoms with van der Waals surface area (Å²) in [5.41, 5.74) is -0.642. The molecule has 0 radical (unpaired) electrons. The van der Waals surface area contributed by atoms with E-state index in [1.54, 1.807) is 0 Å². The van der Waals surface area contributed by atoms with Crippen molar-refractivity contribution in [3.63, 3.8) is 0 Å². The minimum atomic E-state index is -3.84. The van der Waals surface area contributed by atoms with E-state index in [0.717, 1.165) is 24.6 Å². The molecule has 2 N–H and O–H groups in total. The third-order valence-electron chi connectivity index (χ3n) is 3.04. The summed E-state index contributed by atoms with van der Waals surface area (Å²) in [7, 11) is -3.84. The molecule has 0 amide bonds. The average Bonchev–Trinajstić information content (AvgIpc) is 2.89. The minimum absolute atomic E-state index is 0.108. The summed E-state index contributed by atoms with van der Waals surface area (Å²) in [6.07, 6.45) is 0.776. The number of rotatable bonds is 5. The van der Waals surface area contributed by atoms with Crippen LogP contribution in [0.15, 0.2) is 23.1 Å². The first-order valence-corrected chi connectivity index (χ1v) is 7.43. The lowest BCUT2D eigenvalue weighted by molar-refractivity contribution is -0.386. The van der Waals surface area contributed by atoms with Gasteiger partial charge in [0.15, 0.2) is 5.75 Å². The largest absolute Gasteiger partial charge is 0.502 e. The molecule has 1 saturated heterocycles. The topological polar surface area (TPSA) is 119 Å². The van der Waals surface area contributed by atoms with Crippen LogP contribution in [0, 0.1) is 16.0 Å². The van der Waals surface area contributed by atoms with E-state index in [1.807, 2.05) is 0 Å². The number of hydrogen-bond acceptors (Lipinski definition) is 6. The molecule has 1 heterocycles. The molecule has 0 saturated carbocycles. The lowest BCUT2D eigenvalue weighted by Gasteiger charge is -2.10. The van der Waals surface area contributed by atoms with Crippen molar-refractivity contribution in [1.82, 2.24) is 4.72 Å². The Morgan fingerprint density at radius 2 is 2.25 bits per heavy atom. The molecule has 0 bridgehead atoms. The number of phenolic OH excluding ortho intramolecular Hbond substituents is 1. The Hall–Kier alpha value is -1.71. The Balaban J connectivity index is 2.16. The third-order valence-corrected chi connectivity index (χ3v) is 4.46. The van der Waals surface area contributed by atoms with Crippen LogP contribution in [-0.4, -0.2) is 38.2 Å². The number of phenols is 1. The van der Waals surface area contributed by atoms with Crippen molar-refractivity contribution >= 4 is 15.7 Å². The van der Waals surface area contributed by atoms with Gasteiger partial charge in [0, 0.05) is 19.2 Å². The van der Waals surface area contributed by atoms with Crippen molar-refractivity contribution < 1.29 is 23.2 Å². The highest BCUT2D eigenvalue weighted by atomic mass is 32.2. The third kappa shape index (κ3) is 3.24. The number of aromatic hydroxyl groups is 1. The van der Waals surface area contributed by atoms with Crippen molar-refractivity contribution in [1.29, 1.82) is 0 Å². The first kappa shape index (κ1) is 14.7. The van der Waals surface area contributed by atoms with E-state index in [4.69, 9.17) is 4.74 Å². The minimum Gasteiger partial charge on any atom is -0.502 e. The second kappa shape index (κ2) is 5.73. The summed E-state index contributed by atoms with van der Waals surface area (Å²) in [5.74, 6) is -0.463. The fraction of sp³-hybridized carbons (Fsp3) is 0.455. The Labute approximate surface area is 115 Å². The molecular weight excluding hydrogens is 288 g/mol. The van der Waals surface area contributed by atoms with Gasteiger partial charge in [-0.15, -0.1) is 0 Å². The van der Waals surface area contributed by atoms with Crippen LogP contribution in [0.2, 0.25) is 0 Å². The lowest BCUT2D eigenvalue weighted by Crippen LogP contribution is -2.29. The van der Waals surface area contributed by atoms with E-state index in [9.17, 15) is 23.6 Å². The van der Waals surface area contributed by atoms with E-state index in [0.29, 0.717) is 13.2 Å². The Morgan fingerprint density at radius 1 is 1.50 bits per heavy atom. The predicted molar refractivity (Wildman–Crippen MR) is 68.9 cm³/mol. The van der Waals surface area contributed by atoms with Crippen LogP contribution in [0.1, 0.15) is 6.42 Å². The molecule has 1 atom stereocenters. The zero-order valence-corrected chi connectivity index (χ0v) is 11.3. The summed E-state index contributed by atoms with van der Waals surface area (Å²) in [6.45, 7) is 1.33. The molecule has 1 aliphatic rings. The van der Waals surface area contributed by atoms with Crippen LogP contribution < -0.4 is 4.72 Å². The monoisotopic (exact) mass is 302 g/mol. The van der Waals surface area contributed by atoms with Gasteiger partial charge in [0.2, 0.25) is 10.0 Å². The van der Waals surface area contributed by atoms with E-state index in [1.165, 1.54) is 0 Å². The maximum atomic E-state index is 12.0. The van der Waals surface area contributed by atoms with Crippen LogP contribution in [0.5, 0.6) is 5.75 Å². The van der Waals surface area contributed by atoms with Crippen LogP contribution in [-0.2, 0) is 14.8 Å². The summed E-state index contributed by atoms with van der Waals surface area (Å²) in [5, 5.41) is 20.0. The number of nitrogens with zero attached hydrogens (tertiary/aromatic N) is 1. The number of sulfonamides is 1. The summed E-state index contributed by atoms with van der Waals surface area (Å²) >= 11 is 0. The van der Waals surface area contributed by atoms with Crippen LogP contribution in [0.25, 0.3) is 0 Å². The standard InChI is InChI=1S/C11H14N2O6S/c14-11-2-1-9(5-10(11)13(15)16)20(17,18)12-6-8-3-4-19-7-8/h1-2,5,8,12,14H,3-4,6-7H2. The molecule has 8 nitrogen and oxygen atoms in total. The highest BCUT2D eigenvalue weighted by Crippen LogP contribution is 2.28. The van der Waals surface area contributed by atoms with Gasteiger partial charge in [-0.05, 0) is 24.5 Å². The second-order valence-corrected chi connectivity index (χ2v) is 6.26. The number of nitrogens with one attached hydrogen (secondary N) is 1. The highest BCUT2D eigenvalue weighted by molar-refractivity contribution is 7.89. The maximum Gasteiger partial charge on any atom is 0.312 e. The summed E-state index contributed by atoms with van der Waals surface area (Å²) < 4.78 is 31.6.